The van der Waals surface area contributed by atoms with E-state index in [0.29, 0.717) is 9.18 Å². The third kappa shape index (κ3) is 4.51. The van der Waals surface area contributed by atoms with Crippen LogP contribution in [0.3, 0.4) is 0 Å². The molecule has 3 atom stereocenters. The molecule has 1 aliphatic heterocycles. The van der Waals surface area contributed by atoms with E-state index in [2.05, 4.69) is 15.0 Å². The number of nitrogens with one attached hydrogen (secondary N) is 2. The van der Waals surface area contributed by atoms with Gasteiger partial charge in [-0.25, -0.2) is 9.37 Å². The van der Waals surface area contributed by atoms with Gasteiger partial charge in [-0.3, -0.25) is 4.79 Å². The number of halogens is 2. The average molecular weight is 490 g/mol. The van der Waals surface area contributed by atoms with Gasteiger partial charge < -0.3 is 9.88 Å². The summed E-state index contributed by atoms with van der Waals surface area (Å²) in [5.41, 5.74) is 0.190. The van der Waals surface area contributed by atoms with E-state index in [-0.39, 0.29) is 21.3 Å². The summed E-state index contributed by atoms with van der Waals surface area (Å²) in [6, 6.07) is 0.660. The molecule has 1 saturated heterocycles. The van der Waals surface area contributed by atoms with Crippen molar-refractivity contribution in [3.05, 3.63) is 58.6 Å². The van der Waals surface area contributed by atoms with Crippen LogP contribution in [0, 0.1) is 5.82 Å². The smallest absolute Gasteiger partial charge is 0.280 e. The standard InChI is InChI=1S/C19H19ClFN5O3S2/c1-25-9-15(22-10-25)18-6-5-17(30-18)14-8-16(26(2)31(28,29)24-14)19(27)23-11-3-4-13(21)12(20)7-11/h3-7,9-10,14,16,24H,8H2,1-2H3,(H,23,27)/t14-,16+/m1/s1/i1D3,8D,14D,16D/t8?,14-,16+. The molecule has 2 N–H and O–H groups in total. The SMILES string of the molecule is [2H]C1[C@]([2H])(c2ccc(-c3cn(C([2H])([2H])[2H])cn3)s2)NS(=O)(=O)N(C)[C@]1([2H])C(=O)Nc1ccc(F)c(Cl)c1. The lowest BCUT2D eigenvalue weighted by Crippen LogP contribution is -2.55. The Bertz CT molecular complexity index is 1480. The Morgan fingerprint density at radius 1 is 1.48 bits per heavy atom. The van der Waals surface area contributed by atoms with Crippen molar-refractivity contribution in [2.45, 2.75) is 18.4 Å². The van der Waals surface area contributed by atoms with Gasteiger partial charge in [0.25, 0.3) is 10.2 Å². The first-order chi connectivity index (χ1) is 17.0. The minimum absolute atomic E-state index is 0.0307. The molecular weight excluding hydrogens is 465 g/mol. The highest BCUT2D eigenvalue weighted by molar-refractivity contribution is 7.87. The molecule has 3 heterocycles. The van der Waals surface area contributed by atoms with Crippen LogP contribution >= 0.6 is 22.9 Å². The average Bonchev–Trinajstić information content (AvgIpc) is 3.48. The number of imidazole rings is 1. The fourth-order valence-electron chi connectivity index (χ4n) is 2.76. The van der Waals surface area contributed by atoms with Crippen LogP contribution in [0.4, 0.5) is 10.1 Å². The van der Waals surface area contributed by atoms with Crippen molar-refractivity contribution in [1.29, 1.82) is 0 Å². The van der Waals surface area contributed by atoms with E-state index in [9.17, 15) is 17.6 Å². The number of amides is 1. The molecule has 1 amide bonds. The third-order valence-electron chi connectivity index (χ3n) is 4.34. The molecule has 0 saturated carbocycles. The molecular formula is C19H19ClFN5O3S2. The third-order valence-corrected chi connectivity index (χ3v) is 7.16. The van der Waals surface area contributed by atoms with Crippen LogP contribution in [0.25, 0.3) is 10.6 Å². The molecule has 31 heavy (non-hydrogen) atoms. The Hall–Kier alpha value is -2.31. The van der Waals surface area contributed by atoms with Crippen molar-refractivity contribution in [3.8, 4) is 10.6 Å². The lowest BCUT2D eigenvalue weighted by atomic mass is 10.1. The van der Waals surface area contributed by atoms with Crippen LogP contribution < -0.4 is 10.0 Å². The van der Waals surface area contributed by atoms with Crippen molar-refractivity contribution in [3.63, 3.8) is 0 Å². The Labute approximate surface area is 196 Å². The molecule has 4 rings (SSSR count). The first kappa shape index (κ1) is 15.5. The number of hydrogen-bond acceptors (Lipinski definition) is 5. The summed E-state index contributed by atoms with van der Waals surface area (Å²) < 4.78 is 91.5. The zero-order valence-electron chi connectivity index (χ0n) is 21.8. The van der Waals surface area contributed by atoms with Crippen LogP contribution in [0.1, 0.15) is 25.5 Å². The summed E-state index contributed by atoms with van der Waals surface area (Å²) in [5.74, 6) is -2.02. The lowest BCUT2D eigenvalue weighted by Gasteiger charge is -2.35. The van der Waals surface area contributed by atoms with Crippen LogP contribution in [0.5, 0.6) is 0 Å². The Morgan fingerprint density at radius 3 is 3.00 bits per heavy atom. The molecule has 0 aliphatic carbocycles. The number of aromatic nitrogens is 2. The van der Waals surface area contributed by atoms with Crippen molar-refractivity contribution >= 4 is 44.7 Å². The summed E-state index contributed by atoms with van der Waals surface area (Å²) >= 11 is 6.59. The molecule has 1 aliphatic rings. The monoisotopic (exact) mass is 489 g/mol. The summed E-state index contributed by atoms with van der Waals surface area (Å²) in [6.45, 7) is -2.47. The highest BCUT2D eigenvalue weighted by atomic mass is 35.5. The second kappa shape index (κ2) is 8.32. The van der Waals surface area contributed by atoms with Gasteiger partial charge in [-0.15, -0.1) is 11.3 Å². The van der Waals surface area contributed by atoms with Gasteiger partial charge in [-0.1, -0.05) is 11.6 Å². The van der Waals surface area contributed by atoms with Gasteiger partial charge in [-0.2, -0.15) is 17.4 Å². The van der Waals surface area contributed by atoms with Crippen LogP contribution in [-0.2, 0) is 22.0 Å². The maximum atomic E-state index is 13.5. The molecule has 0 radical (unpaired) electrons. The van der Waals surface area contributed by atoms with E-state index >= 15 is 0 Å². The van der Waals surface area contributed by atoms with E-state index in [1.807, 2.05) is 0 Å². The highest BCUT2D eigenvalue weighted by Crippen LogP contribution is 2.35. The highest BCUT2D eigenvalue weighted by Gasteiger charge is 2.41. The Balaban J connectivity index is 1.72. The number of nitrogens with zero attached hydrogens (tertiary/aromatic N) is 3. The maximum Gasteiger partial charge on any atom is 0.280 e. The second-order valence-corrected chi connectivity index (χ2v) is 9.62. The van der Waals surface area contributed by atoms with Gasteiger partial charge in [0, 0.05) is 36.3 Å². The van der Waals surface area contributed by atoms with E-state index in [1.54, 1.807) is 0 Å². The van der Waals surface area contributed by atoms with E-state index in [1.165, 1.54) is 18.3 Å². The fraction of sp³-hybridized carbons (Fsp3) is 0.263. The summed E-state index contributed by atoms with van der Waals surface area (Å²) in [6.07, 6.45) is 0.326. The van der Waals surface area contributed by atoms with E-state index < -0.39 is 47.3 Å². The number of aryl methyl sites for hydroxylation is 1. The molecule has 12 heteroatoms. The molecule has 3 aromatic rings. The first-order valence-corrected chi connectivity index (χ1v) is 11.3. The number of hydrogen-bond donors (Lipinski definition) is 2. The molecule has 2 aromatic heterocycles. The minimum Gasteiger partial charge on any atom is -0.340 e. The quantitative estimate of drug-likeness (QED) is 0.588. The number of likely N-dealkylation sites (N-methyl/N-ethyl adjacent to an activating group) is 1. The summed E-state index contributed by atoms with van der Waals surface area (Å²) in [5, 5.41) is 1.95. The summed E-state index contributed by atoms with van der Waals surface area (Å²) in [7, 11) is -3.70. The number of thiophene rings is 1. The van der Waals surface area contributed by atoms with Gasteiger partial charge >= 0.3 is 0 Å². The number of benzene rings is 1. The van der Waals surface area contributed by atoms with Crippen molar-refractivity contribution < 1.29 is 25.8 Å². The molecule has 1 aromatic carbocycles. The molecule has 1 unspecified atom stereocenters. The van der Waals surface area contributed by atoms with Crippen molar-refractivity contribution in [1.82, 2.24) is 18.6 Å². The first-order valence-electron chi connectivity index (χ1n) is 11.7. The predicted molar refractivity (Wildman–Crippen MR) is 118 cm³/mol. The normalized spacial score (nSPS) is 31.5. The Morgan fingerprint density at radius 2 is 2.29 bits per heavy atom. The molecule has 1 fully saturated rings. The van der Waals surface area contributed by atoms with E-state index in [0.717, 1.165) is 47.5 Å². The zero-order chi connectivity index (χ0) is 27.6. The maximum absolute atomic E-state index is 13.5. The van der Waals surface area contributed by atoms with Crippen molar-refractivity contribution in [2.75, 3.05) is 12.4 Å². The number of carbonyl (C=O) groups excluding carboxylic acids is 1. The van der Waals surface area contributed by atoms with Crippen LogP contribution in [0.15, 0.2) is 42.9 Å². The molecule has 0 bridgehead atoms. The zero-order valence-corrected chi connectivity index (χ0v) is 18.1. The van der Waals surface area contributed by atoms with Gasteiger partial charge in [-0.05, 0) is 36.7 Å². The second-order valence-electron chi connectivity index (χ2n) is 6.43. The van der Waals surface area contributed by atoms with Gasteiger partial charge in [0.2, 0.25) is 5.91 Å². The van der Waals surface area contributed by atoms with E-state index in [4.69, 9.17) is 19.8 Å². The number of carbonyl (C=O) groups is 1. The lowest BCUT2D eigenvalue weighted by molar-refractivity contribution is -0.120. The predicted octanol–water partition coefficient (Wildman–Crippen LogP) is 3.16. The Kier molecular flexibility index (Phi) is 4.16. The van der Waals surface area contributed by atoms with Crippen molar-refractivity contribution in [2.24, 2.45) is 6.98 Å². The molecule has 8 nitrogen and oxygen atoms in total. The number of anilines is 1. The van der Waals surface area contributed by atoms with Gasteiger partial charge in [0.15, 0.2) is 0 Å². The van der Waals surface area contributed by atoms with Gasteiger partial charge in [0.1, 0.15) is 11.8 Å². The van der Waals surface area contributed by atoms with Crippen LogP contribution in [-0.4, -0.2) is 41.2 Å². The molecule has 0 spiro atoms. The summed E-state index contributed by atoms with van der Waals surface area (Å²) in [4.78, 5) is 17.6. The fourth-order valence-corrected chi connectivity index (χ4v) is 4.93. The largest absolute Gasteiger partial charge is 0.340 e. The topological polar surface area (TPSA) is 96.3 Å². The molecule has 164 valence electrons. The van der Waals surface area contributed by atoms with Crippen LogP contribution in [0.2, 0.25) is 5.02 Å². The number of rotatable bonds is 4. The van der Waals surface area contributed by atoms with Gasteiger partial charge in [0.05, 0.1) is 30.7 Å². The minimum atomic E-state index is -4.63.